The van der Waals surface area contributed by atoms with Gasteiger partial charge >= 0.3 is 12.0 Å². The van der Waals surface area contributed by atoms with E-state index in [1.165, 1.54) is 19.3 Å². The third-order valence-corrected chi connectivity index (χ3v) is 6.70. The van der Waals surface area contributed by atoms with Gasteiger partial charge in [-0.05, 0) is 67.9 Å². The van der Waals surface area contributed by atoms with Gasteiger partial charge in [0.15, 0.2) is 6.61 Å². The van der Waals surface area contributed by atoms with E-state index < -0.39 is 24.5 Å². The van der Waals surface area contributed by atoms with Crippen LogP contribution in [-0.4, -0.2) is 30.1 Å². The maximum Gasteiger partial charge on any atom is 0.321 e. The third-order valence-electron chi connectivity index (χ3n) is 6.33. The normalized spacial score (nSPS) is 30.0. The lowest BCUT2D eigenvalue weighted by atomic mass is 9.53. The van der Waals surface area contributed by atoms with Crippen molar-refractivity contribution in [3.05, 3.63) is 34.9 Å². The molecule has 0 aliphatic heterocycles. The summed E-state index contributed by atoms with van der Waals surface area (Å²) >= 11 is 6.01. The number of benzene rings is 1. The van der Waals surface area contributed by atoms with Crippen molar-refractivity contribution in [2.75, 3.05) is 6.61 Å². The number of hydrogen-bond donors (Lipinski definition) is 2. The molecule has 150 valence electrons. The predicted molar refractivity (Wildman–Crippen MR) is 104 cm³/mol. The average Bonchev–Trinajstić information content (AvgIpc) is 2.60. The number of urea groups is 1. The molecule has 7 heteroatoms. The summed E-state index contributed by atoms with van der Waals surface area (Å²) in [6, 6.07) is 6.46. The zero-order valence-electron chi connectivity index (χ0n) is 15.7. The molecule has 3 amide bonds. The van der Waals surface area contributed by atoms with E-state index in [1.54, 1.807) is 24.3 Å². The Morgan fingerprint density at radius 1 is 1.04 bits per heavy atom. The van der Waals surface area contributed by atoms with Crippen LogP contribution in [0, 0.1) is 17.8 Å². The molecule has 4 saturated carbocycles. The van der Waals surface area contributed by atoms with Crippen LogP contribution >= 0.6 is 11.6 Å². The fraction of sp³-hybridized carbons (Fsp3) is 0.571. The molecule has 4 aliphatic rings. The number of ether oxygens (including phenoxy) is 1. The smallest absolute Gasteiger partial charge is 0.321 e. The number of esters is 1. The lowest BCUT2D eigenvalue weighted by molar-refractivity contribution is -0.147. The molecular formula is C21H25ClN2O4. The molecule has 0 unspecified atom stereocenters. The van der Waals surface area contributed by atoms with Crippen LogP contribution in [0.1, 0.15) is 44.1 Å². The van der Waals surface area contributed by atoms with Gasteiger partial charge in [-0.2, -0.15) is 0 Å². The van der Waals surface area contributed by atoms with E-state index in [-0.39, 0.29) is 12.0 Å². The Morgan fingerprint density at radius 2 is 1.64 bits per heavy atom. The van der Waals surface area contributed by atoms with E-state index >= 15 is 0 Å². The summed E-state index contributed by atoms with van der Waals surface area (Å²) in [6.07, 6.45) is 6.84. The van der Waals surface area contributed by atoms with Crippen LogP contribution in [0.3, 0.4) is 0 Å². The molecule has 0 saturated heterocycles. The number of halogens is 1. The molecule has 0 spiro atoms. The molecule has 4 fully saturated rings. The zero-order chi connectivity index (χ0) is 19.7. The molecule has 0 heterocycles. The number of hydrogen-bond acceptors (Lipinski definition) is 4. The number of nitrogens with one attached hydrogen (secondary N) is 2. The second kappa shape index (κ2) is 7.74. The van der Waals surface area contributed by atoms with Gasteiger partial charge in [0, 0.05) is 10.6 Å². The van der Waals surface area contributed by atoms with Crippen LogP contribution < -0.4 is 10.6 Å². The van der Waals surface area contributed by atoms with Crippen molar-refractivity contribution in [2.24, 2.45) is 17.8 Å². The summed E-state index contributed by atoms with van der Waals surface area (Å²) in [4.78, 5) is 36.2. The Morgan fingerprint density at radius 3 is 2.25 bits per heavy atom. The van der Waals surface area contributed by atoms with E-state index in [0.717, 1.165) is 19.3 Å². The first-order valence-corrected chi connectivity index (χ1v) is 10.3. The van der Waals surface area contributed by atoms with Crippen molar-refractivity contribution in [2.45, 2.75) is 50.5 Å². The molecule has 28 heavy (non-hydrogen) atoms. The Labute approximate surface area is 169 Å². The van der Waals surface area contributed by atoms with Gasteiger partial charge < -0.3 is 10.1 Å². The van der Waals surface area contributed by atoms with Crippen LogP contribution in [0.5, 0.6) is 0 Å². The van der Waals surface area contributed by atoms with Gasteiger partial charge in [-0.25, -0.2) is 4.79 Å². The Balaban J connectivity index is 1.22. The van der Waals surface area contributed by atoms with Crippen LogP contribution in [0.2, 0.25) is 5.02 Å². The van der Waals surface area contributed by atoms with E-state index in [1.807, 2.05) is 0 Å². The molecule has 2 N–H and O–H groups in total. The summed E-state index contributed by atoms with van der Waals surface area (Å²) in [6.45, 7) is -0.489. The predicted octanol–water partition coefficient (Wildman–Crippen LogP) is 3.22. The summed E-state index contributed by atoms with van der Waals surface area (Å²) < 4.78 is 4.97. The summed E-state index contributed by atoms with van der Waals surface area (Å²) in [5, 5.41) is 5.83. The first kappa shape index (κ1) is 19.2. The summed E-state index contributed by atoms with van der Waals surface area (Å²) in [7, 11) is 0. The van der Waals surface area contributed by atoms with Crippen molar-refractivity contribution < 1.29 is 19.1 Å². The first-order valence-electron chi connectivity index (χ1n) is 9.92. The minimum atomic E-state index is -0.630. The van der Waals surface area contributed by atoms with Gasteiger partial charge in [-0.3, -0.25) is 14.9 Å². The second-order valence-electron chi connectivity index (χ2n) is 8.63. The fourth-order valence-corrected chi connectivity index (χ4v) is 5.90. The SMILES string of the molecule is O=C(COC(=O)Cc1ccccc1Cl)NC(=O)NC12CC3CC(CC(C3)C1)C2. The highest BCUT2D eigenvalue weighted by molar-refractivity contribution is 6.31. The van der Waals surface area contributed by atoms with Gasteiger partial charge in [0.2, 0.25) is 0 Å². The maximum atomic E-state index is 12.3. The third kappa shape index (κ3) is 4.32. The van der Waals surface area contributed by atoms with Crippen LogP contribution in [0.15, 0.2) is 24.3 Å². The number of carbonyl (C=O) groups is 3. The van der Waals surface area contributed by atoms with Crippen molar-refractivity contribution >= 4 is 29.5 Å². The molecule has 6 nitrogen and oxygen atoms in total. The molecule has 0 aromatic heterocycles. The van der Waals surface area contributed by atoms with Crippen molar-refractivity contribution in [3.8, 4) is 0 Å². The van der Waals surface area contributed by atoms with E-state index in [2.05, 4.69) is 10.6 Å². The summed E-state index contributed by atoms with van der Waals surface area (Å²) in [5.41, 5.74) is 0.467. The molecular weight excluding hydrogens is 380 g/mol. The van der Waals surface area contributed by atoms with Crippen molar-refractivity contribution in [3.63, 3.8) is 0 Å². The Kier molecular flexibility index (Phi) is 5.32. The van der Waals surface area contributed by atoms with Gasteiger partial charge in [0.25, 0.3) is 5.91 Å². The molecule has 5 rings (SSSR count). The minimum absolute atomic E-state index is 0.0214. The van der Waals surface area contributed by atoms with E-state index in [0.29, 0.717) is 28.3 Å². The van der Waals surface area contributed by atoms with Crippen LogP contribution in [0.4, 0.5) is 4.79 Å². The highest BCUT2D eigenvalue weighted by atomic mass is 35.5. The quantitative estimate of drug-likeness (QED) is 0.738. The Hall–Kier alpha value is -2.08. The minimum Gasteiger partial charge on any atom is -0.455 e. The van der Waals surface area contributed by atoms with Crippen molar-refractivity contribution in [1.82, 2.24) is 10.6 Å². The van der Waals surface area contributed by atoms with E-state index in [4.69, 9.17) is 16.3 Å². The largest absolute Gasteiger partial charge is 0.455 e. The first-order chi connectivity index (χ1) is 13.4. The van der Waals surface area contributed by atoms with Gasteiger partial charge in [0.1, 0.15) is 0 Å². The number of rotatable bonds is 5. The van der Waals surface area contributed by atoms with Gasteiger partial charge in [-0.1, -0.05) is 29.8 Å². The number of imide groups is 1. The van der Waals surface area contributed by atoms with E-state index in [9.17, 15) is 14.4 Å². The Bertz CT molecular complexity index is 759. The topological polar surface area (TPSA) is 84.5 Å². The van der Waals surface area contributed by atoms with Crippen LogP contribution in [-0.2, 0) is 20.7 Å². The maximum absolute atomic E-state index is 12.3. The average molecular weight is 405 g/mol. The molecule has 4 aliphatic carbocycles. The fourth-order valence-electron chi connectivity index (χ4n) is 5.69. The lowest BCUT2D eigenvalue weighted by Crippen LogP contribution is -2.62. The van der Waals surface area contributed by atoms with Gasteiger partial charge in [0.05, 0.1) is 6.42 Å². The highest BCUT2D eigenvalue weighted by Crippen LogP contribution is 2.55. The van der Waals surface area contributed by atoms with Crippen molar-refractivity contribution in [1.29, 1.82) is 0 Å². The highest BCUT2D eigenvalue weighted by Gasteiger charge is 2.51. The molecule has 0 atom stereocenters. The zero-order valence-corrected chi connectivity index (χ0v) is 16.5. The van der Waals surface area contributed by atoms with Gasteiger partial charge in [-0.15, -0.1) is 0 Å². The molecule has 1 aromatic rings. The standard InChI is InChI=1S/C21H25ClN2O4/c22-17-4-2-1-3-16(17)8-19(26)28-12-18(25)23-20(27)24-21-9-13-5-14(10-21)7-15(6-13)11-21/h1-4,13-15H,5-12H2,(H2,23,24,25,27). The number of amides is 3. The monoisotopic (exact) mass is 404 g/mol. The molecule has 1 aromatic carbocycles. The molecule has 4 bridgehead atoms. The molecule has 0 radical (unpaired) electrons. The second-order valence-corrected chi connectivity index (χ2v) is 9.04. The lowest BCUT2D eigenvalue weighted by Gasteiger charge is -2.56. The number of carbonyl (C=O) groups excluding carboxylic acids is 3. The summed E-state index contributed by atoms with van der Waals surface area (Å²) in [5.74, 6) is 0.911. The van der Waals surface area contributed by atoms with Crippen LogP contribution in [0.25, 0.3) is 0 Å².